The molecule has 0 heterocycles. The molecule has 46 heavy (non-hydrogen) atoms. The molecule has 0 radical (unpaired) electrons. The normalized spacial score (nSPS) is 11.2. The van der Waals surface area contributed by atoms with E-state index in [2.05, 4.69) is 203 Å². The van der Waals surface area contributed by atoms with Crippen molar-refractivity contribution < 1.29 is 0 Å². The van der Waals surface area contributed by atoms with Crippen molar-refractivity contribution in [3.63, 3.8) is 0 Å². The van der Waals surface area contributed by atoms with Crippen molar-refractivity contribution in [3.8, 4) is 33.4 Å². The van der Waals surface area contributed by atoms with Crippen molar-refractivity contribution >= 4 is 54.5 Å². The topological polar surface area (TPSA) is 3.24 Å². The van der Waals surface area contributed by atoms with Crippen molar-refractivity contribution in [1.82, 2.24) is 0 Å². The summed E-state index contributed by atoms with van der Waals surface area (Å²) in [7, 11) is 0. The minimum absolute atomic E-state index is 1.07. The van der Waals surface area contributed by atoms with Gasteiger partial charge in [0, 0.05) is 21.5 Å². The minimum atomic E-state index is 1.07. The monoisotopic (exact) mass is 651 g/mol. The fourth-order valence-corrected chi connectivity index (χ4v) is 6.76. The fraction of sp³-hybridized carbons (Fsp3) is 0. The molecule has 8 rings (SSSR count). The maximum Gasteiger partial charge on any atom is 0.0468 e. The summed E-state index contributed by atoms with van der Waals surface area (Å²) in [6, 6.07) is 65.4. The Bertz CT molecular complexity index is 2180. The van der Waals surface area contributed by atoms with Crippen LogP contribution in [0.3, 0.4) is 0 Å². The van der Waals surface area contributed by atoms with Crippen LogP contribution >= 0.6 is 15.9 Å². The zero-order chi connectivity index (χ0) is 30.9. The fourth-order valence-electron chi connectivity index (χ4n) is 6.28. The summed E-state index contributed by atoms with van der Waals surface area (Å²) >= 11 is 3.82. The summed E-state index contributed by atoms with van der Waals surface area (Å²) in [5.41, 5.74) is 10.5. The molecule has 0 aliphatic rings. The maximum absolute atomic E-state index is 3.82. The first-order valence-electron chi connectivity index (χ1n) is 15.5. The van der Waals surface area contributed by atoms with Crippen LogP contribution in [0.25, 0.3) is 54.9 Å². The summed E-state index contributed by atoms with van der Waals surface area (Å²) in [6.07, 6.45) is 0. The quantitative estimate of drug-likeness (QED) is 0.173. The highest BCUT2D eigenvalue weighted by Crippen LogP contribution is 2.40. The molecule has 0 atom stereocenters. The first-order valence-corrected chi connectivity index (χ1v) is 16.3. The molecular weight excluding hydrogens is 622 g/mol. The van der Waals surface area contributed by atoms with Crippen molar-refractivity contribution in [3.05, 3.63) is 186 Å². The molecule has 8 aromatic carbocycles. The molecular formula is C44H30BrN. The van der Waals surface area contributed by atoms with E-state index in [-0.39, 0.29) is 0 Å². The van der Waals surface area contributed by atoms with Crippen LogP contribution in [0.15, 0.2) is 186 Å². The van der Waals surface area contributed by atoms with Gasteiger partial charge in [0.05, 0.1) is 0 Å². The summed E-state index contributed by atoms with van der Waals surface area (Å²) in [6.45, 7) is 0. The van der Waals surface area contributed by atoms with E-state index in [4.69, 9.17) is 0 Å². The molecule has 0 unspecified atom stereocenters. The van der Waals surface area contributed by atoms with E-state index < -0.39 is 0 Å². The molecule has 0 saturated carbocycles. The SMILES string of the molecule is Brc1ccc(N(c2ccc(-c3ccc4ccccc4c3)cc2)c2ccc(-c3ccc4ccccc4c3)cc2)cc1-c1ccccc1. The molecule has 0 aliphatic heterocycles. The Balaban J connectivity index is 1.20. The van der Waals surface area contributed by atoms with E-state index in [1.807, 2.05) is 0 Å². The molecule has 0 bridgehead atoms. The Labute approximate surface area is 278 Å². The Morgan fingerprint density at radius 3 is 1.26 bits per heavy atom. The Kier molecular flexibility index (Phi) is 7.42. The summed E-state index contributed by atoms with van der Waals surface area (Å²) in [4.78, 5) is 2.34. The highest BCUT2D eigenvalue weighted by Gasteiger charge is 2.16. The minimum Gasteiger partial charge on any atom is -0.310 e. The third-order valence-electron chi connectivity index (χ3n) is 8.71. The molecule has 0 fully saturated rings. The molecule has 0 spiro atoms. The van der Waals surface area contributed by atoms with Gasteiger partial charge in [0.25, 0.3) is 0 Å². The number of halogens is 1. The first kappa shape index (κ1) is 28.1. The van der Waals surface area contributed by atoms with E-state index in [1.165, 1.54) is 49.4 Å². The van der Waals surface area contributed by atoms with Crippen LogP contribution in [0.1, 0.15) is 0 Å². The van der Waals surface area contributed by atoms with Gasteiger partial charge in [-0.2, -0.15) is 0 Å². The molecule has 218 valence electrons. The summed E-state index contributed by atoms with van der Waals surface area (Å²) in [5.74, 6) is 0. The van der Waals surface area contributed by atoms with Crippen molar-refractivity contribution in [2.45, 2.75) is 0 Å². The standard InChI is InChI=1S/C44H30BrN/c45-44-27-26-42(30-43(44)35-10-2-1-3-11-35)46(40-22-18-33(19-23-40)38-16-14-31-8-4-6-12-36(31)28-38)41-24-20-34(21-25-41)39-17-15-32-9-5-7-13-37(32)29-39/h1-30H. The summed E-state index contributed by atoms with van der Waals surface area (Å²) < 4.78 is 1.07. The average Bonchev–Trinajstić information content (AvgIpc) is 3.13. The zero-order valence-electron chi connectivity index (χ0n) is 25.1. The smallest absolute Gasteiger partial charge is 0.0468 e. The Morgan fingerprint density at radius 2 is 0.739 bits per heavy atom. The molecule has 0 aromatic heterocycles. The third kappa shape index (κ3) is 5.49. The third-order valence-corrected chi connectivity index (χ3v) is 9.40. The van der Waals surface area contributed by atoms with Gasteiger partial charge >= 0.3 is 0 Å². The van der Waals surface area contributed by atoms with Gasteiger partial charge in [0.1, 0.15) is 0 Å². The molecule has 0 saturated heterocycles. The van der Waals surface area contributed by atoms with Crippen LogP contribution < -0.4 is 4.90 Å². The highest BCUT2D eigenvalue weighted by molar-refractivity contribution is 9.10. The number of rotatable bonds is 6. The van der Waals surface area contributed by atoms with E-state index in [1.54, 1.807) is 0 Å². The predicted molar refractivity (Wildman–Crippen MR) is 200 cm³/mol. The average molecular weight is 653 g/mol. The number of anilines is 3. The van der Waals surface area contributed by atoms with Crippen molar-refractivity contribution in [1.29, 1.82) is 0 Å². The van der Waals surface area contributed by atoms with Gasteiger partial charge in [-0.25, -0.2) is 0 Å². The number of fused-ring (bicyclic) bond motifs is 2. The second-order valence-corrected chi connectivity index (χ2v) is 12.4. The van der Waals surface area contributed by atoms with Gasteiger partial charge in [0.2, 0.25) is 0 Å². The van der Waals surface area contributed by atoms with Gasteiger partial charge in [-0.1, -0.05) is 143 Å². The largest absolute Gasteiger partial charge is 0.310 e. The lowest BCUT2D eigenvalue weighted by Gasteiger charge is -2.27. The molecule has 0 aliphatic carbocycles. The van der Waals surface area contributed by atoms with Gasteiger partial charge in [-0.15, -0.1) is 0 Å². The molecule has 0 N–H and O–H groups in total. The van der Waals surface area contributed by atoms with Crippen LogP contribution in [-0.2, 0) is 0 Å². The van der Waals surface area contributed by atoms with Crippen LogP contribution in [0.2, 0.25) is 0 Å². The van der Waals surface area contributed by atoms with E-state index in [0.29, 0.717) is 0 Å². The van der Waals surface area contributed by atoms with Crippen LogP contribution in [0.4, 0.5) is 17.1 Å². The Hall–Kier alpha value is -5.44. The van der Waals surface area contributed by atoms with Gasteiger partial charge in [-0.05, 0) is 110 Å². The first-order chi connectivity index (χ1) is 22.7. The molecule has 0 amide bonds. The maximum atomic E-state index is 3.82. The number of hydrogen-bond donors (Lipinski definition) is 0. The van der Waals surface area contributed by atoms with E-state index >= 15 is 0 Å². The van der Waals surface area contributed by atoms with Gasteiger partial charge < -0.3 is 4.90 Å². The van der Waals surface area contributed by atoms with Crippen LogP contribution in [0.5, 0.6) is 0 Å². The van der Waals surface area contributed by atoms with Gasteiger partial charge in [-0.3, -0.25) is 0 Å². The van der Waals surface area contributed by atoms with Crippen LogP contribution in [0, 0.1) is 0 Å². The Morgan fingerprint density at radius 1 is 0.304 bits per heavy atom. The lowest BCUT2D eigenvalue weighted by atomic mass is 10.00. The number of hydrogen-bond acceptors (Lipinski definition) is 1. The zero-order valence-corrected chi connectivity index (χ0v) is 26.7. The predicted octanol–water partition coefficient (Wildman–Crippen LogP) is 13.2. The highest BCUT2D eigenvalue weighted by atomic mass is 79.9. The molecule has 8 aromatic rings. The van der Waals surface area contributed by atoms with E-state index in [9.17, 15) is 0 Å². The van der Waals surface area contributed by atoms with Crippen molar-refractivity contribution in [2.24, 2.45) is 0 Å². The van der Waals surface area contributed by atoms with Crippen molar-refractivity contribution in [2.75, 3.05) is 4.90 Å². The van der Waals surface area contributed by atoms with Crippen LogP contribution in [-0.4, -0.2) is 0 Å². The molecule has 1 nitrogen and oxygen atoms in total. The van der Waals surface area contributed by atoms with E-state index in [0.717, 1.165) is 27.1 Å². The number of nitrogens with zero attached hydrogens (tertiary/aromatic N) is 1. The number of benzene rings is 8. The summed E-state index contributed by atoms with van der Waals surface area (Å²) in [5, 5.41) is 5.01. The van der Waals surface area contributed by atoms with Gasteiger partial charge in [0.15, 0.2) is 0 Å². The second kappa shape index (κ2) is 12.2. The lowest BCUT2D eigenvalue weighted by molar-refractivity contribution is 1.28. The molecule has 2 heteroatoms. The lowest BCUT2D eigenvalue weighted by Crippen LogP contribution is -2.10. The second-order valence-electron chi connectivity index (χ2n) is 11.6.